The smallest absolute Gasteiger partial charge is 0.225 e. The van der Waals surface area contributed by atoms with Crippen molar-refractivity contribution >= 4 is 5.91 Å². The molecule has 0 aliphatic heterocycles. The van der Waals surface area contributed by atoms with Crippen molar-refractivity contribution in [1.29, 1.82) is 0 Å². The molecule has 8 heteroatoms. The Bertz CT molecular complexity index is 628. The lowest BCUT2D eigenvalue weighted by Crippen LogP contribution is -2.21. The van der Waals surface area contributed by atoms with E-state index < -0.39 is 5.91 Å². The highest BCUT2D eigenvalue weighted by Crippen LogP contribution is 2.30. The van der Waals surface area contributed by atoms with Crippen molar-refractivity contribution in [3.63, 3.8) is 0 Å². The van der Waals surface area contributed by atoms with Gasteiger partial charge >= 0.3 is 0 Å². The molecule has 2 aromatic rings. The summed E-state index contributed by atoms with van der Waals surface area (Å²) in [5.41, 5.74) is 5.28. The summed E-state index contributed by atoms with van der Waals surface area (Å²) in [6, 6.07) is 0.252. The monoisotopic (exact) mass is 303 g/mol. The van der Waals surface area contributed by atoms with Crippen LogP contribution in [0.3, 0.4) is 0 Å². The van der Waals surface area contributed by atoms with E-state index in [1.165, 1.54) is 25.6 Å². The number of hydrogen-bond acceptors (Lipinski definition) is 5. The number of nitrogens with zero attached hydrogens (tertiary/aromatic N) is 6. The van der Waals surface area contributed by atoms with Crippen LogP contribution in [0, 0.1) is 0 Å². The van der Waals surface area contributed by atoms with Crippen LogP contribution in [0.4, 0.5) is 0 Å². The summed E-state index contributed by atoms with van der Waals surface area (Å²) < 4.78 is 3.72. The maximum Gasteiger partial charge on any atom is 0.225 e. The molecule has 2 N–H and O–H groups in total. The fraction of sp³-hybridized carbons (Fsp3) is 0.643. The highest BCUT2D eigenvalue weighted by atomic mass is 16.1. The predicted octanol–water partition coefficient (Wildman–Crippen LogP) is 1.01. The Hall–Kier alpha value is -2.25. The maximum atomic E-state index is 11.2. The summed E-state index contributed by atoms with van der Waals surface area (Å²) in [4.78, 5) is 19.7. The molecule has 118 valence electrons. The van der Waals surface area contributed by atoms with E-state index in [-0.39, 0.29) is 12.5 Å². The third-order valence-electron chi connectivity index (χ3n) is 4.16. The first-order valence-corrected chi connectivity index (χ1v) is 7.73. The summed E-state index contributed by atoms with van der Waals surface area (Å²) in [7, 11) is 0. The summed E-state index contributed by atoms with van der Waals surface area (Å²) in [5.74, 6) is 0.884. The van der Waals surface area contributed by atoms with Crippen LogP contribution in [0.5, 0.6) is 0 Å². The van der Waals surface area contributed by atoms with Gasteiger partial charge in [-0.15, -0.1) is 0 Å². The van der Waals surface area contributed by atoms with Crippen molar-refractivity contribution in [2.75, 3.05) is 0 Å². The molecule has 1 atom stereocenters. The van der Waals surface area contributed by atoms with Crippen molar-refractivity contribution in [3.8, 4) is 0 Å². The minimum atomic E-state index is -0.416. The molecule has 1 saturated carbocycles. The van der Waals surface area contributed by atoms with E-state index in [0.29, 0.717) is 11.9 Å². The fourth-order valence-corrected chi connectivity index (χ4v) is 3.03. The minimum absolute atomic E-state index is 0.0663. The van der Waals surface area contributed by atoms with Gasteiger partial charge in [-0.3, -0.25) is 4.79 Å². The number of aromatic nitrogens is 6. The van der Waals surface area contributed by atoms with Crippen LogP contribution >= 0.6 is 0 Å². The molecule has 22 heavy (non-hydrogen) atoms. The lowest BCUT2D eigenvalue weighted by Gasteiger charge is -2.24. The van der Waals surface area contributed by atoms with Crippen molar-refractivity contribution in [2.24, 2.45) is 5.73 Å². The lowest BCUT2D eigenvalue weighted by molar-refractivity contribution is -0.117. The molecule has 8 nitrogen and oxygen atoms in total. The van der Waals surface area contributed by atoms with E-state index in [1.807, 2.05) is 11.6 Å². The molecule has 1 aliphatic rings. The average Bonchev–Trinajstić information content (AvgIpc) is 3.16. The van der Waals surface area contributed by atoms with Crippen LogP contribution in [-0.4, -0.2) is 35.4 Å². The topological polar surface area (TPSA) is 105 Å². The first-order chi connectivity index (χ1) is 10.6. The summed E-state index contributed by atoms with van der Waals surface area (Å²) in [6.45, 7) is 2.01. The van der Waals surface area contributed by atoms with Gasteiger partial charge in [0.15, 0.2) is 11.6 Å². The quantitative estimate of drug-likeness (QED) is 0.887. The van der Waals surface area contributed by atoms with E-state index >= 15 is 0 Å². The second-order valence-corrected chi connectivity index (χ2v) is 5.82. The Morgan fingerprint density at radius 2 is 2.18 bits per heavy atom. The molecule has 2 heterocycles. The SMILES string of the molecule is C[C@H](c1nc(CC(N)=O)nn1C1CCCCC1)n1cncn1. The summed E-state index contributed by atoms with van der Waals surface area (Å²) in [5, 5.41) is 8.73. The number of hydrogen-bond donors (Lipinski definition) is 1. The zero-order valence-corrected chi connectivity index (χ0v) is 12.7. The second kappa shape index (κ2) is 6.25. The largest absolute Gasteiger partial charge is 0.369 e. The van der Waals surface area contributed by atoms with Gasteiger partial charge in [0.05, 0.1) is 12.5 Å². The van der Waals surface area contributed by atoms with Crippen LogP contribution in [-0.2, 0) is 11.2 Å². The molecule has 1 fully saturated rings. The molecule has 2 aromatic heterocycles. The number of carbonyl (C=O) groups is 1. The number of primary amides is 1. The van der Waals surface area contributed by atoms with Gasteiger partial charge in [-0.05, 0) is 19.8 Å². The molecule has 3 rings (SSSR count). The van der Waals surface area contributed by atoms with Crippen molar-refractivity contribution in [3.05, 3.63) is 24.3 Å². The highest BCUT2D eigenvalue weighted by Gasteiger charge is 2.25. The van der Waals surface area contributed by atoms with E-state index in [0.717, 1.165) is 18.7 Å². The molecule has 1 aliphatic carbocycles. The zero-order chi connectivity index (χ0) is 15.5. The maximum absolute atomic E-state index is 11.2. The molecule has 0 bridgehead atoms. The first-order valence-electron chi connectivity index (χ1n) is 7.73. The van der Waals surface area contributed by atoms with E-state index in [2.05, 4.69) is 20.2 Å². The van der Waals surface area contributed by atoms with Gasteiger partial charge in [-0.25, -0.2) is 19.3 Å². The molecule has 0 radical (unpaired) electrons. The second-order valence-electron chi connectivity index (χ2n) is 5.82. The molecule has 1 amide bonds. The van der Waals surface area contributed by atoms with Gasteiger partial charge in [0.2, 0.25) is 5.91 Å². The van der Waals surface area contributed by atoms with Crippen molar-refractivity contribution < 1.29 is 4.79 Å². The molecule has 0 aromatic carbocycles. The summed E-state index contributed by atoms with van der Waals surface area (Å²) >= 11 is 0. The van der Waals surface area contributed by atoms with E-state index in [1.54, 1.807) is 11.0 Å². The predicted molar refractivity (Wildman–Crippen MR) is 78.9 cm³/mol. The minimum Gasteiger partial charge on any atom is -0.369 e. The molecule has 0 saturated heterocycles. The molecule has 0 spiro atoms. The van der Waals surface area contributed by atoms with Crippen LogP contribution in [0.1, 0.15) is 62.8 Å². The lowest BCUT2D eigenvalue weighted by atomic mass is 9.95. The molecule has 0 unspecified atom stereocenters. The van der Waals surface area contributed by atoms with E-state index in [4.69, 9.17) is 5.73 Å². The standard InChI is InChI=1S/C14H21N7O/c1-10(20-9-16-8-17-20)14-18-13(7-12(15)22)19-21(14)11-5-3-2-4-6-11/h8-11H,2-7H2,1H3,(H2,15,22)/t10-/m1/s1. The van der Waals surface area contributed by atoms with Crippen molar-refractivity contribution in [2.45, 2.75) is 57.5 Å². The van der Waals surface area contributed by atoms with Crippen LogP contribution in [0.15, 0.2) is 12.7 Å². The number of rotatable bonds is 5. The van der Waals surface area contributed by atoms with Crippen LogP contribution in [0.25, 0.3) is 0 Å². The number of amides is 1. The number of carbonyl (C=O) groups excluding carboxylic acids is 1. The van der Waals surface area contributed by atoms with Gasteiger partial charge in [-0.1, -0.05) is 19.3 Å². The Labute approximate surface area is 128 Å². The van der Waals surface area contributed by atoms with Gasteiger partial charge in [0.25, 0.3) is 0 Å². The summed E-state index contributed by atoms with van der Waals surface area (Å²) in [6.07, 6.45) is 9.09. The Balaban J connectivity index is 1.94. The fourth-order valence-electron chi connectivity index (χ4n) is 3.03. The highest BCUT2D eigenvalue weighted by molar-refractivity contribution is 5.75. The van der Waals surface area contributed by atoms with Crippen LogP contribution < -0.4 is 5.73 Å². The zero-order valence-electron chi connectivity index (χ0n) is 12.7. The third-order valence-corrected chi connectivity index (χ3v) is 4.16. The van der Waals surface area contributed by atoms with Gasteiger partial charge in [0.1, 0.15) is 18.7 Å². The Morgan fingerprint density at radius 3 is 2.82 bits per heavy atom. The Morgan fingerprint density at radius 1 is 1.41 bits per heavy atom. The first kappa shape index (κ1) is 14.7. The van der Waals surface area contributed by atoms with E-state index in [9.17, 15) is 4.79 Å². The third kappa shape index (κ3) is 3.00. The van der Waals surface area contributed by atoms with Gasteiger partial charge in [0, 0.05) is 0 Å². The van der Waals surface area contributed by atoms with Crippen LogP contribution in [0.2, 0.25) is 0 Å². The van der Waals surface area contributed by atoms with Gasteiger partial charge in [-0.2, -0.15) is 10.2 Å². The molecular weight excluding hydrogens is 282 g/mol. The normalized spacial score (nSPS) is 17.5. The number of nitrogens with two attached hydrogens (primary N) is 1. The van der Waals surface area contributed by atoms with Crippen molar-refractivity contribution in [1.82, 2.24) is 29.5 Å². The Kier molecular flexibility index (Phi) is 4.17. The van der Waals surface area contributed by atoms with Gasteiger partial charge < -0.3 is 5.73 Å². The molecular formula is C14H21N7O. The average molecular weight is 303 g/mol.